The van der Waals surface area contributed by atoms with Gasteiger partial charge < -0.3 is 14.5 Å². The van der Waals surface area contributed by atoms with Crippen molar-refractivity contribution in [3.63, 3.8) is 0 Å². The molecule has 0 saturated carbocycles. The van der Waals surface area contributed by atoms with Crippen LogP contribution in [0.15, 0.2) is 53.3 Å². The molecule has 1 unspecified atom stereocenters. The van der Waals surface area contributed by atoms with Crippen LogP contribution in [0.3, 0.4) is 0 Å². The number of pyridine rings is 1. The summed E-state index contributed by atoms with van der Waals surface area (Å²) in [5.41, 5.74) is 2.09. The second-order valence-corrected chi connectivity index (χ2v) is 8.29. The molecule has 2 aromatic carbocycles. The average molecular weight is 481 g/mol. The summed E-state index contributed by atoms with van der Waals surface area (Å²) in [6.07, 6.45) is 0.702. The normalized spacial score (nSPS) is 12.4. The first-order chi connectivity index (χ1) is 17.0. The Balaban J connectivity index is 1.73. The monoisotopic (exact) mass is 480 g/mol. The first kappa shape index (κ1) is 24.5. The third kappa shape index (κ3) is 5.72. The number of aromatic amines is 1. The van der Waals surface area contributed by atoms with Crippen LogP contribution in [-0.2, 0) is 24.4 Å². The number of fused-ring (bicyclic) bond motifs is 1. The van der Waals surface area contributed by atoms with Gasteiger partial charge in [0.05, 0.1) is 26.3 Å². The van der Waals surface area contributed by atoms with Crippen LogP contribution in [0.5, 0.6) is 5.75 Å². The van der Waals surface area contributed by atoms with Crippen molar-refractivity contribution >= 4 is 10.9 Å². The summed E-state index contributed by atoms with van der Waals surface area (Å²) in [4.78, 5) is 18.1. The molecule has 0 aliphatic heterocycles. The molecule has 9 nitrogen and oxygen atoms in total. The lowest BCUT2D eigenvalue weighted by Gasteiger charge is -2.30. The van der Waals surface area contributed by atoms with Crippen LogP contribution < -0.4 is 10.3 Å². The zero-order valence-corrected chi connectivity index (χ0v) is 20.1. The van der Waals surface area contributed by atoms with Gasteiger partial charge in [-0.25, -0.2) is 9.07 Å². The molecule has 4 rings (SSSR count). The molecule has 10 heteroatoms. The van der Waals surface area contributed by atoms with Gasteiger partial charge >= 0.3 is 0 Å². The van der Waals surface area contributed by atoms with Crippen LogP contribution >= 0.6 is 0 Å². The van der Waals surface area contributed by atoms with Gasteiger partial charge in [-0.3, -0.25) is 9.69 Å². The van der Waals surface area contributed by atoms with Gasteiger partial charge in [-0.05, 0) is 58.8 Å². The van der Waals surface area contributed by atoms with Crippen LogP contribution in [0.25, 0.3) is 10.9 Å². The lowest BCUT2D eigenvalue weighted by molar-refractivity contribution is 0.151. The molecular formula is C25H29FN6O3. The Hall–Kier alpha value is -3.63. The zero-order valence-electron chi connectivity index (χ0n) is 20.1. The van der Waals surface area contributed by atoms with Crippen molar-refractivity contribution in [2.24, 2.45) is 0 Å². The summed E-state index contributed by atoms with van der Waals surface area (Å²) in [5, 5.41) is 13.2. The first-order valence-corrected chi connectivity index (χ1v) is 11.5. The summed E-state index contributed by atoms with van der Waals surface area (Å²) in [6, 6.07) is 13.6. The highest BCUT2D eigenvalue weighted by atomic mass is 19.1. The van der Waals surface area contributed by atoms with Gasteiger partial charge in [-0.2, -0.15) is 0 Å². The molecule has 0 saturated heterocycles. The summed E-state index contributed by atoms with van der Waals surface area (Å²) in [6.45, 7) is 3.85. The fourth-order valence-corrected chi connectivity index (χ4v) is 4.19. The van der Waals surface area contributed by atoms with E-state index in [1.54, 1.807) is 31.0 Å². The summed E-state index contributed by atoms with van der Waals surface area (Å²) >= 11 is 0. The molecule has 0 aliphatic rings. The second-order valence-electron chi connectivity index (χ2n) is 8.29. The van der Waals surface area contributed by atoms with Crippen LogP contribution in [0.2, 0.25) is 0 Å². The van der Waals surface area contributed by atoms with Crippen molar-refractivity contribution in [1.29, 1.82) is 0 Å². The topological polar surface area (TPSA) is 98.2 Å². The predicted molar refractivity (Wildman–Crippen MR) is 129 cm³/mol. The molecule has 2 heterocycles. The van der Waals surface area contributed by atoms with E-state index in [-0.39, 0.29) is 17.4 Å². The van der Waals surface area contributed by atoms with Crippen molar-refractivity contribution < 1.29 is 13.9 Å². The minimum atomic E-state index is -0.296. The van der Waals surface area contributed by atoms with Gasteiger partial charge in [-0.1, -0.05) is 19.1 Å². The highest BCUT2D eigenvalue weighted by molar-refractivity contribution is 5.80. The highest BCUT2D eigenvalue weighted by Crippen LogP contribution is 2.27. The molecule has 0 bridgehead atoms. The van der Waals surface area contributed by atoms with Crippen molar-refractivity contribution in [1.82, 2.24) is 30.1 Å². The van der Waals surface area contributed by atoms with E-state index in [0.717, 1.165) is 16.5 Å². The maximum atomic E-state index is 13.5. The summed E-state index contributed by atoms with van der Waals surface area (Å²) < 4.78 is 25.8. The first-order valence-electron chi connectivity index (χ1n) is 11.5. The number of nitrogens with one attached hydrogen (secondary N) is 1. The SMILES string of the molecule is CCC(c1nnnn1CCOC)N(Cc1ccc(F)cc1)Cc1cc2cc(OC)ccc2[nH]c1=O. The Morgan fingerprint density at radius 2 is 1.91 bits per heavy atom. The number of H-pyrrole nitrogens is 1. The molecule has 184 valence electrons. The van der Waals surface area contributed by atoms with Crippen LogP contribution in [0.4, 0.5) is 4.39 Å². The van der Waals surface area contributed by atoms with Gasteiger partial charge in [0.15, 0.2) is 5.82 Å². The Bertz CT molecular complexity index is 1320. The van der Waals surface area contributed by atoms with Gasteiger partial charge in [0.1, 0.15) is 11.6 Å². The lowest BCUT2D eigenvalue weighted by Crippen LogP contribution is -2.32. The summed E-state index contributed by atoms with van der Waals surface area (Å²) in [7, 11) is 3.24. The van der Waals surface area contributed by atoms with Gasteiger partial charge in [-0.15, -0.1) is 5.10 Å². The molecule has 0 aliphatic carbocycles. The van der Waals surface area contributed by atoms with Gasteiger partial charge in [0, 0.05) is 36.7 Å². The second kappa shape index (κ2) is 11.2. The van der Waals surface area contributed by atoms with E-state index >= 15 is 0 Å². The maximum absolute atomic E-state index is 13.5. The lowest BCUT2D eigenvalue weighted by atomic mass is 10.1. The number of ether oxygens (including phenoxy) is 2. The van der Waals surface area contributed by atoms with Gasteiger partial charge in [0.2, 0.25) is 0 Å². The van der Waals surface area contributed by atoms with Crippen LogP contribution in [0, 0.1) is 5.82 Å². The number of rotatable bonds is 11. The Morgan fingerprint density at radius 1 is 1.11 bits per heavy atom. The fraction of sp³-hybridized carbons (Fsp3) is 0.360. The quantitative estimate of drug-likeness (QED) is 0.351. The highest BCUT2D eigenvalue weighted by Gasteiger charge is 2.26. The fourth-order valence-electron chi connectivity index (χ4n) is 4.19. The largest absolute Gasteiger partial charge is 0.497 e. The molecule has 0 radical (unpaired) electrons. The molecule has 0 amide bonds. The van der Waals surface area contributed by atoms with E-state index < -0.39 is 0 Å². The number of tetrazole rings is 1. The van der Waals surface area contributed by atoms with Crippen molar-refractivity contribution in [2.45, 2.75) is 39.0 Å². The molecular weight excluding hydrogens is 451 g/mol. The Morgan fingerprint density at radius 3 is 2.63 bits per heavy atom. The molecule has 0 spiro atoms. The van der Waals surface area contributed by atoms with Crippen LogP contribution in [-0.4, -0.2) is 50.9 Å². The number of nitrogens with zero attached hydrogens (tertiary/aromatic N) is 5. The number of aromatic nitrogens is 5. The molecule has 4 aromatic rings. The number of hydrogen-bond acceptors (Lipinski definition) is 7. The molecule has 0 fully saturated rings. The standard InChI is InChI=1S/C25H29FN6O3/c1-4-23(24-28-29-30-32(24)11-12-34-2)31(15-17-5-7-20(26)8-6-17)16-19-13-18-14-21(35-3)9-10-22(18)27-25(19)33/h5-10,13-14,23H,4,11-12,15-16H2,1-3H3,(H,27,33). The smallest absolute Gasteiger partial charge is 0.252 e. The van der Waals surface area contributed by atoms with E-state index in [9.17, 15) is 9.18 Å². The van der Waals surface area contributed by atoms with E-state index in [1.807, 2.05) is 31.2 Å². The third-order valence-electron chi connectivity index (χ3n) is 5.99. The number of methoxy groups -OCH3 is 2. The third-order valence-corrected chi connectivity index (χ3v) is 5.99. The number of benzene rings is 2. The van der Waals surface area contributed by atoms with Crippen LogP contribution in [0.1, 0.15) is 36.3 Å². The minimum Gasteiger partial charge on any atom is -0.497 e. The molecule has 1 atom stereocenters. The van der Waals surface area contributed by atoms with E-state index in [4.69, 9.17) is 9.47 Å². The van der Waals surface area contributed by atoms with Crippen molar-refractivity contribution in [3.05, 3.63) is 81.7 Å². The number of halogens is 1. The van der Waals surface area contributed by atoms with Gasteiger partial charge in [0.25, 0.3) is 5.56 Å². The van der Waals surface area contributed by atoms with E-state index in [0.29, 0.717) is 49.8 Å². The summed E-state index contributed by atoms with van der Waals surface area (Å²) in [5.74, 6) is 1.10. The van der Waals surface area contributed by atoms with E-state index in [1.165, 1.54) is 12.1 Å². The zero-order chi connectivity index (χ0) is 24.8. The van der Waals surface area contributed by atoms with E-state index in [2.05, 4.69) is 25.4 Å². The number of hydrogen-bond donors (Lipinski definition) is 1. The maximum Gasteiger partial charge on any atom is 0.252 e. The minimum absolute atomic E-state index is 0.166. The van der Waals surface area contributed by atoms with Crippen molar-refractivity contribution in [3.8, 4) is 5.75 Å². The molecule has 35 heavy (non-hydrogen) atoms. The molecule has 1 N–H and O–H groups in total. The van der Waals surface area contributed by atoms with Crippen molar-refractivity contribution in [2.75, 3.05) is 20.8 Å². The Labute approximate surface area is 202 Å². The Kier molecular flexibility index (Phi) is 7.84. The molecule has 2 aromatic heterocycles. The average Bonchev–Trinajstić information content (AvgIpc) is 3.32. The predicted octanol–water partition coefficient (Wildman–Crippen LogP) is 3.46.